The molecule has 3 rings (SSSR count). The first-order valence-electron chi connectivity index (χ1n) is 10.7. The molecule has 3 fully saturated rings. The SMILES string of the molecule is COC1CC(OCCN2CCC3(CC2)CN(CCOC(C)(C)C)CCO3)C1. The molecular formula is C21H40N2O4. The molecule has 0 N–H and O–H groups in total. The fraction of sp³-hybridized carbons (Fsp3) is 1.00. The molecule has 6 nitrogen and oxygen atoms in total. The number of ether oxygens (including phenoxy) is 4. The minimum absolute atomic E-state index is 0.0526. The molecule has 27 heavy (non-hydrogen) atoms. The maximum absolute atomic E-state index is 6.27. The number of hydrogen-bond acceptors (Lipinski definition) is 6. The van der Waals surface area contributed by atoms with Crippen LogP contribution in [-0.2, 0) is 18.9 Å². The van der Waals surface area contributed by atoms with Gasteiger partial charge in [0.05, 0.1) is 43.2 Å². The van der Waals surface area contributed by atoms with Crippen LogP contribution in [0.15, 0.2) is 0 Å². The van der Waals surface area contributed by atoms with E-state index in [0.29, 0.717) is 12.2 Å². The molecule has 2 aliphatic heterocycles. The Morgan fingerprint density at radius 2 is 1.67 bits per heavy atom. The molecule has 0 aromatic carbocycles. The Labute approximate surface area is 165 Å². The Balaban J connectivity index is 1.31. The summed E-state index contributed by atoms with van der Waals surface area (Å²) in [5.41, 5.74) is -0.00165. The van der Waals surface area contributed by atoms with Crippen LogP contribution >= 0.6 is 0 Å². The lowest BCUT2D eigenvalue weighted by atomic mass is 9.89. The van der Waals surface area contributed by atoms with Gasteiger partial charge in [0.25, 0.3) is 0 Å². The van der Waals surface area contributed by atoms with Crippen molar-refractivity contribution in [3.8, 4) is 0 Å². The van der Waals surface area contributed by atoms with Gasteiger partial charge in [0.15, 0.2) is 0 Å². The molecule has 158 valence electrons. The van der Waals surface area contributed by atoms with Crippen molar-refractivity contribution in [2.75, 3.05) is 66.2 Å². The minimum Gasteiger partial charge on any atom is -0.381 e. The molecule has 0 amide bonds. The predicted molar refractivity (Wildman–Crippen MR) is 106 cm³/mol. The van der Waals surface area contributed by atoms with Gasteiger partial charge < -0.3 is 23.8 Å². The van der Waals surface area contributed by atoms with Crippen molar-refractivity contribution < 1.29 is 18.9 Å². The zero-order valence-electron chi connectivity index (χ0n) is 17.9. The summed E-state index contributed by atoms with van der Waals surface area (Å²) >= 11 is 0. The molecule has 0 bridgehead atoms. The van der Waals surface area contributed by atoms with E-state index < -0.39 is 0 Å². The largest absolute Gasteiger partial charge is 0.381 e. The van der Waals surface area contributed by atoms with E-state index in [1.807, 2.05) is 0 Å². The van der Waals surface area contributed by atoms with Crippen molar-refractivity contribution in [1.29, 1.82) is 0 Å². The highest BCUT2D eigenvalue weighted by atomic mass is 16.5. The second kappa shape index (κ2) is 9.51. The standard InChI is InChI=1S/C21H40N2O4/c1-20(2,3)26-13-10-23-11-14-27-21(17-23)5-7-22(8-6-21)9-12-25-19-15-18(16-19)24-4/h18-19H,5-17H2,1-4H3. The lowest BCUT2D eigenvalue weighted by molar-refractivity contribution is -0.142. The van der Waals surface area contributed by atoms with Crippen LogP contribution in [0.1, 0.15) is 46.5 Å². The third-order valence-corrected chi connectivity index (χ3v) is 6.18. The molecule has 1 saturated carbocycles. The zero-order chi connectivity index (χ0) is 19.3. The van der Waals surface area contributed by atoms with Crippen LogP contribution in [0.5, 0.6) is 0 Å². The van der Waals surface area contributed by atoms with Crippen molar-refractivity contribution in [1.82, 2.24) is 9.80 Å². The maximum atomic E-state index is 6.27. The average molecular weight is 385 g/mol. The lowest BCUT2D eigenvalue weighted by Gasteiger charge is -2.47. The first-order chi connectivity index (χ1) is 12.9. The highest BCUT2D eigenvalue weighted by molar-refractivity contribution is 4.93. The van der Waals surface area contributed by atoms with Crippen LogP contribution in [0.2, 0.25) is 0 Å². The van der Waals surface area contributed by atoms with E-state index in [4.69, 9.17) is 18.9 Å². The molecule has 6 heteroatoms. The second-order valence-electron chi connectivity index (χ2n) is 9.43. The second-order valence-corrected chi connectivity index (χ2v) is 9.43. The molecular weight excluding hydrogens is 344 g/mol. The van der Waals surface area contributed by atoms with Crippen molar-refractivity contribution in [3.63, 3.8) is 0 Å². The van der Waals surface area contributed by atoms with Gasteiger partial charge in [0.1, 0.15) is 0 Å². The predicted octanol–water partition coefficient (Wildman–Crippen LogP) is 2.16. The topological polar surface area (TPSA) is 43.4 Å². The van der Waals surface area contributed by atoms with Crippen LogP contribution in [0.4, 0.5) is 0 Å². The van der Waals surface area contributed by atoms with Gasteiger partial charge in [0, 0.05) is 46.4 Å². The maximum Gasteiger partial charge on any atom is 0.0833 e. The smallest absolute Gasteiger partial charge is 0.0833 e. The van der Waals surface area contributed by atoms with Gasteiger partial charge in [-0.25, -0.2) is 0 Å². The summed E-state index contributed by atoms with van der Waals surface area (Å²) in [5, 5.41) is 0. The van der Waals surface area contributed by atoms with E-state index in [1.54, 1.807) is 7.11 Å². The summed E-state index contributed by atoms with van der Waals surface area (Å²) in [7, 11) is 1.79. The molecule has 0 atom stereocenters. The summed E-state index contributed by atoms with van der Waals surface area (Å²) in [6.45, 7) is 15.2. The Hall–Kier alpha value is -0.240. The van der Waals surface area contributed by atoms with Crippen LogP contribution in [-0.4, -0.2) is 99.4 Å². The molecule has 0 aromatic rings. The van der Waals surface area contributed by atoms with Crippen LogP contribution in [0, 0.1) is 0 Å². The van der Waals surface area contributed by atoms with Crippen molar-refractivity contribution in [2.45, 2.75) is 69.9 Å². The van der Waals surface area contributed by atoms with Gasteiger partial charge in [-0.15, -0.1) is 0 Å². The van der Waals surface area contributed by atoms with Gasteiger partial charge in [-0.2, -0.15) is 0 Å². The van der Waals surface area contributed by atoms with E-state index in [2.05, 4.69) is 30.6 Å². The molecule has 2 saturated heterocycles. The Bertz CT molecular complexity index is 440. The monoisotopic (exact) mass is 384 g/mol. The third kappa shape index (κ3) is 6.65. The number of morpholine rings is 1. The number of nitrogens with zero attached hydrogens (tertiary/aromatic N) is 2. The van der Waals surface area contributed by atoms with Gasteiger partial charge in [-0.3, -0.25) is 4.90 Å². The van der Waals surface area contributed by atoms with E-state index in [1.165, 1.54) is 0 Å². The fourth-order valence-electron chi connectivity index (χ4n) is 4.28. The lowest BCUT2D eigenvalue weighted by Crippen LogP contribution is -2.57. The van der Waals surface area contributed by atoms with E-state index >= 15 is 0 Å². The molecule has 0 aromatic heterocycles. The fourth-order valence-corrected chi connectivity index (χ4v) is 4.28. The van der Waals surface area contributed by atoms with Gasteiger partial charge in [-0.1, -0.05) is 0 Å². The van der Waals surface area contributed by atoms with Crippen LogP contribution in [0.25, 0.3) is 0 Å². The van der Waals surface area contributed by atoms with E-state index in [0.717, 1.165) is 84.8 Å². The molecule has 1 aliphatic carbocycles. The average Bonchev–Trinajstić information content (AvgIpc) is 2.58. The molecule has 0 radical (unpaired) electrons. The van der Waals surface area contributed by atoms with Crippen LogP contribution < -0.4 is 0 Å². The molecule has 2 heterocycles. The van der Waals surface area contributed by atoms with Crippen molar-refractivity contribution >= 4 is 0 Å². The summed E-state index contributed by atoms with van der Waals surface area (Å²) in [4.78, 5) is 5.06. The van der Waals surface area contributed by atoms with Crippen LogP contribution in [0.3, 0.4) is 0 Å². The number of hydrogen-bond donors (Lipinski definition) is 0. The Kier molecular flexibility index (Phi) is 7.56. The molecule has 0 unspecified atom stereocenters. The Morgan fingerprint density at radius 3 is 2.33 bits per heavy atom. The zero-order valence-corrected chi connectivity index (χ0v) is 17.9. The number of rotatable bonds is 8. The highest BCUT2D eigenvalue weighted by Gasteiger charge is 2.39. The summed E-state index contributed by atoms with van der Waals surface area (Å²) < 4.78 is 23.4. The summed E-state index contributed by atoms with van der Waals surface area (Å²) in [5.74, 6) is 0. The van der Waals surface area contributed by atoms with Crippen molar-refractivity contribution in [3.05, 3.63) is 0 Å². The van der Waals surface area contributed by atoms with E-state index in [9.17, 15) is 0 Å². The van der Waals surface area contributed by atoms with Crippen molar-refractivity contribution in [2.24, 2.45) is 0 Å². The van der Waals surface area contributed by atoms with Gasteiger partial charge in [0.2, 0.25) is 0 Å². The normalized spacial score (nSPS) is 29.8. The number of likely N-dealkylation sites (tertiary alicyclic amines) is 1. The molecule has 1 spiro atoms. The summed E-state index contributed by atoms with van der Waals surface area (Å²) in [6, 6.07) is 0. The Morgan fingerprint density at radius 1 is 0.963 bits per heavy atom. The quantitative estimate of drug-likeness (QED) is 0.639. The summed E-state index contributed by atoms with van der Waals surface area (Å²) in [6.07, 6.45) is 5.20. The van der Waals surface area contributed by atoms with Gasteiger partial charge >= 0.3 is 0 Å². The first-order valence-corrected chi connectivity index (χ1v) is 10.7. The third-order valence-electron chi connectivity index (χ3n) is 6.18. The molecule has 3 aliphatic rings. The number of piperidine rings is 1. The highest BCUT2D eigenvalue weighted by Crippen LogP contribution is 2.30. The number of methoxy groups -OCH3 is 1. The van der Waals surface area contributed by atoms with Gasteiger partial charge in [-0.05, 0) is 46.5 Å². The first kappa shape index (κ1) is 21.5. The minimum atomic E-state index is -0.0542. The van der Waals surface area contributed by atoms with E-state index in [-0.39, 0.29) is 11.2 Å².